The zero-order chi connectivity index (χ0) is 10.9. The van der Waals surface area contributed by atoms with Gasteiger partial charge in [0.2, 0.25) is 0 Å². The molecule has 0 amide bonds. The largest absolute Gasteiger partial charge is 0.513 e. The number of nitrogens with one attached hydrogen (secondary N) is 1. The standard InChI is InChI=1S/C5H10F3NO3S/c1-4(2,3)12-9-13(10,11)5(6,7)8/h9H,1-3H3. The Morgan fingerprint density at radius 3 is 1.77 bits per heavy atom. The van der Waals surface area contributed by atoms with Gasteiger partial charge in [-0.15, -0.1) is 0 Å². The Balaban J connectivity index is 4.40. The van der Waals surface area contributed by atoms with Crippen molar-refractivity contribution in [3.8, 4) is 0 Å². The van der Waals surface area contributed by atoms with Crippen molar-refractivity contribution in [3.63, 3.8) is 0 Å². The summed E-state index contributed by atoms with van der Waals surface area (Å²) in [6, 6.07) is 0. The number of hydrogen-bond acceptors (Lipinski definition) is 3. The quantitative estimate of drug-likeness (QED) is 0.712. The molecule has 8 heteroatoms. The molecule has 0 aromatic heterocycles. The smallest absolute Gasteiger partial charge is 0.281 e. The first kappa shape index (κ1) is 12.7. The molecule has 0 aliphatic carbocycles. The van der Waals surface area contributed by atoms with Gasteiger partial charge >= 0.3 is 15.5 Å². The van der Waals surface area contributed by atoms with Gasteiger partial charge in [-0.3, -0.25) is 4.84 Å². The molecule has 0 aliphatic heterocycles. The lowest BCUT2D eigenvalue weighted by molar-refractivity contribution is -0.0703. The monoisotopic (exact) mass is 221 g/mol. The van der Waals surface area contributed by atoms with Crippen molar-refractivity contribution in [2.24, 2.45) is 0 Å². The minimum absolute atomic E-state index is 0.986. The number of halogens is 3. The van der Waals surface area contributed by atoms with Crippen LogP contribution in [0.2, 0.25) is 0 Å². The maximum Gasteiger partial charge on any atom is 0.513 e. The molecule has 0 rings (SSSR count). The highest BCUT2D eigenvalue weighted by Crippen LogP contribution is 2.22. The predicted octanol–water partition coefficient (Wildman–Crippen LogP) is 1.16. The van der Waals surface area contributed by atoms with Gasteiger partial charge in [-0.1, -0.05) is 4.89 Å². The van der Waals surface area contributed by atoms with E-state index in [4.69, 9.17) is 0 Å². The first-order valence-corrected chi connectivity index (χ1v) is 4.70. The summed E-state index contributed by atoms with van der Waals surface area (Å²) in [6.07, 6.45) is 0. The van der Waals surface area contributed by atoms with Gasteiger partial charge in [0.15, 0.2) is 0 Å². The Kier molecular flexibility index (Phi) is 3.34. The van der Waals surface area contributed by atoms with Crippen molar-refractivity contribution >= 4 is 10.0 Å². The molecule has 0 radical (unpaired) electrons. The SMILES string of the molecule is CC(C)(C)ONS(=O)(=O)C(F)(F)F. The lowest BCUT2D eigenvalue weighted by Gasteiger charge is -2.19. The fraction of sp³-hybridized carbons (Fsp3) is 1.00. The van der Waals surface area contributed by atoms with Crippen molar-refractivity contribution in [2.45, 2.75) is 31.9 Å². The van der Waals surface area contributed by atoms with Crippen molar-refractivity contribution in [3.05, 3.63) is 0 Å². The van der Waals surface area contributed by atoms with Crippen LogP contribution in [0.25, 0.3) is 0 Å². The van der Waals surface area contributed by atoms with Crippen LogP contribution in [-0.4, -0.2) is 19.5 Å². The topological polar surface area (TPSA) is 55.4 Å². The van der Waals surface area contributed by atoms with Crippen LogP contribution in [0.3, 0.4) is 0 Å². The van der Waals surface area contributed by atoms with Gasteiger partial charge < -0.3 is 0 Å². The molecular weight excluding hydrogens is 211 g/mol. The van der Waals surface area contributed by atoms with E-state index in [0.717, 1.165) is 4.89 Å². The highest BCUT2D eigenvalue weighted by atomic mass is 32.2. The molecule has 0 spiro atoms. The summed E-state index contributed by atoms with van der Waals surface area (Å²) < 4.78 is 55.7. The second-order valence-electron chi connectivity index (χ2n) is 3.25. The molecular formula is C5H10F3NO3S. The number of alkyl halides is 3. The van der Waals surface area contributed by atoms with E-state index in [1.54, 1.807) is 0 Å². The molecule has 0 saturated carbocycles. The van der Waals surface area contributed by atoms with E-state index >= 15 is 0 Å². The highest BCUT2D eigenvalue weighted by molar-refractivity contribution is 7.90. The maximum atomic E-state index is 11.7. The second-order valence-corrected chi connectivity index (χ2v) is 4.88. The average Bonchev–Trinajstić information content (AvgIpc) is 1.79. The number of rotatable bonds is 2. The van der Waals surface area contributed by atoms with E-state index < -0.39 is 21.1 Å². The van der Waals surface area contributed by atoms with Gasteiger partial charge in [0.1, 0.15) is 0 Å². The van der Waals surface area contributed by atoms with Gasteiger partial charge in [-0.05, 0) is 20.8 Å². The zero-order valence-corrected chi connectivity index (χ0v) is 8.08. The van der Waals surface area contributed by atoms with Gasteiger partial charge in [0, 0.05) is 0 Å². The second kappa shape index (κ2) is 3.43. The van der Waals surface area contributed by atoms with E-state index in [1.165, 1.54) is 20.8 Å². The fourth-order valence-electron chi connectivity index (χ4n) is 0.227. The minimum Gasteiger partial charge on any atom is -0.281 e. The summed E-state index contributed by atoms with van der Waals surface area (Å²) in [5.41, 5.74) is -6.36. The Morgan fingerprint density at radius 1 is 1.15 bits per heavy atom. The molecule has 0 heterocycles. The van der Waals surface area contributed by atoms with Crippen molar-refractivity contribution in [2.75, 3.05) is 0 Å². The molecule has 1 N–H and O–H groups in total. The number of hydrogen-bond donors (Lipinski definition) is 1. The Morgan fingerprint density at radius 2 is 1.54 bits per heavy atom. The van der Waals surface area contributed by atoms with E-state index in [1.807, 2.05) is 0 Å². The molecule has 80 valence electrons. The van der Waals surface area contributed by atoms with Gasteiger partial charge in [-0.2, -0.15) is 13.2 Å². The van der Waals surface area contributed by atoms with Crippen molar-refractivity contribution < 1.29 is 26.4 Å². The molecule has 0 unspecified atom stereocenters. The summed E-state index contributed by atoms with van der Waals surface area (Å²) in [6.45, 7) is 4.23. The van der Waals surface area contributed by atoms with Crippen LogP contribution in [0.4, 0.5) is 13.2 Å². The van der Waals surface area contributed by atoms with Crippen LogP contribution in [0, 0.1) is 0 Å². The summed E-state index contributed by atoms with van der Waals surface area (Å²) in [5, 5.41) is 0. The van der Waals surface area contributed by atoms with Crippen LogP contribution >= 0.6 is 0 Å². The van der Waals surface area contributed by atoms with Gasteiger partial charge in [0.05, 0.1) is 5.60 Å². The van der Waals surface area contributed by atoms with Crippen LogP contribution < -0.4 is 4.89 Å². The molecule has 0 aromatic carbocycles. The van der Waals surface area contributed by atoms with Crippen LogP contribution in [-0.2, 0) is 14.9 Å². The molecule has 0 atom stereocenters. The molecule has 4 nitrogen and oxygen atoms in total. The summed E-state index contributed by atoms with van der Waals surface area (Å²) in [5.74, 6) is 0. The van der Waals surface area contributed by atoms with E-state index in [9.17, 15) is 21.6 Å². The van der Waals surface area contributed by atoms with Crippen LogP contribution in [0.5, 0.6) is 0 Å². The fourth-order valence-corrected chi connectivity index (χ4v) is 0.681. The van der Waals surface area contributed by atoms with E-state index in [0.29, 0.717) is 0 Å². The van der Waals surface area contributed by atoms with Crippen molar-refractivity contribution in [1.29, 1.82) is 0 Å². The molecule has 0 aliphatic rings. The molecule has 13 heavy (non-hydrogen) atoms. The zero-order valence-electron chi connectivity index (χ0n) is 7.27. The third-order valence-corrected chi connectivity index (χ3v) is 1.67. The molecule has 0 fully saturated rings. The highest BCUT2D eigenvalue weighted by Gasteiger charge is 2.46. The van der Waals surface area contributed by atoms with Crippen molar-refractivity contribution in [1.82, 2.24) is 4.89 Å². The summed E-state index contributed by atoms with van der Waals surface area (Å²) in [7, 11) is -5.40. The molecule has 0 aromatic rings. The number of sulfonamides is 1. The molecule has 0 saturated heterocycles. The Hall–Kier alpha value is -0.340. The predicted molar refractivity (Wildman–Crippen MR) is 38.9 cm³/mol. The van der Waals surface area contributed by atoms with E-state index in [-0.39, 0.29) is 0 Å². The minimum atomic E-state index is -5.40. The lowest BCUT2D eigenvalue weighted by atomic mass is 10.2. The first-order valence-electron chi connectivity index (χ1n) is 3.22. The maximum absolute atomic E-state index is 11.7. The summed E-state index contributed by atoms with van der Waals surface area (Å²) in [4.78, 5) is 5.25. The Labute approximate surface area is 74.1 Å². The Bertz CT molecular complexity index is 264. The van der Waals surface area contributed by atoms with Gasteiger partial charge in [-0.25, -0.2) is 8.42 Å². The van der Waals surface area contributed by atoms with E-state index in [2.05, 4.69) is 4.84 Å². The molecule has 0 bridgehead atoms. The van der Waals surface area contributed by atoms with Gasteiger partial charge in [0.25, 0.3) is 0 Å². The normalized spacial score (nSPS) is 14.6. The average molecular weight is 221 g/mol. The third kappa shape index (κ3) is 4.44. The summed E-state index contributed by atoms with van der Waals surface area (Å²) >= 11 is 0. The van der Waals surface area contributed by atoms with Crippen LogP contribution in [0.1, 0.15) is 20.8 Å². The lowest BCUT2D eigenvalue weighted by Crippen LogP contribution is -2.40. The third-order valence-electron chi connectivity index (χ3n) is 0.762. The first-order chi connectivity index (χ1) is 5.46. The van der Waals surface area contributed by atoms with Crippen LogP contribution in [0.15, 0.2) is 0 Å².